The fourth-order valence-electron chi connectivity index (χ4n) is 1.82. The molecule has 0 bridgehead atoms. The maximum atomic E-state index is 11.7. The Balaban J connectivity index is 2.71. The average Bonchev–Trinajstić information content (AvgIpc) is 2.36. The highest BCUT2D eigenvalue weighted by Crippen LogP contribution is 2.22. The standard InChI is InChI=1S/C15H24N2O2/c1-15(2,3)12-7-5-11(6-8-12)9-17(4)14(19)13(16)10-18/h5-8,13,18H,9-10,16H2,1-4H3. The average molecular weight is 264 g/mol. The van der Waals surface area contributed by atoms with Crippen LogP contribution in [0.15, 0.2) is 24.3 Å². The van der Waals surface area contributed by atoms with Crippen molar-refractivity contribution in [3.05, 3.63) is 35.4 Å². The molecule has 0 saturated carbocycles. The topological polar surface area (TPSA) is 66.6 Å². The van der Waals surface area contributed by atoms with Crippen LogP contribution in [0.2, 0.25) is 0 Å². The summed E-state index contributed by atoms with van der Waals surface area (Å²) in [6.45, 7) is 6.66. The first-order valence-electron chi connectivity index (χ1n) is 6.46. The molecule has 1 atom stereocenters. The van der Waals surface area contributed by atoms with E-state index in [4.69, 9.17) is 10.8 Å². The number of likely N-dealkylation sites (N-methyl/N-ethyl adjacent to an activating group) is 1. The second kappa shape index (κ2) is 6.17. The molecule has 1 aromatic rings. The fraction of sp³-hybridized carbons (Fsp3) is 0.533. The highest BCUT2D eigenvalue weighted by Gasteiger charge is 2.17. The zero-order valence-electron chi connectivity index (χ0n) is 12.2. The van der Waals surface area contributed by atoms with Gasteiger partial charge in [-0.3, -0.25) is 4.79 Å². The van der Waals surface area contributed by atoms with E-state index in [1.807, 2.05) is 12.1 Å². The third kappa shape index (κ3) is 4.33. The molecule has 0 saturated heterocycles. The molecule has 0 aliphatic carbocycles. The van der Waals surface area contributed by atoms with Crippen LogP contribution in [-0.4, -0.2) is 35.6 Å². The number of hydrogen-bond donors (Lipinski definition) is 2. The van der Waals surface area contributed by atoms with Crippen molar-refractivity contribution in [3.63, 3.8) is 0 Å². The number of nitrogens with zero attached hydrogens (tertiary/aromatic N) is 1. The minimum Gasteiger partial charge on any atom is -0.394 e. The first-order chi connectivity index (χ1) is 8.75. The number of aliphatic hydroxyl groups is 1. The van der Waals surface area contributed by atoms with Gasteiger partial charge in [0.2, 0.25) is 5.91 Å². The van der Waals surface area contributed by atoms with Crippen molar-refractivity contribution in [2.75, 3.05) is 13.7 Å². The van der Waals surface area contributed by atoms with E-state index in [9.17, 15) is 4.79 Å². The van der Waals surface area contributed by atoms with Crippen molar-refractivity contribution in [2.24, 2.45) is 5.73 Å². The lowest BCUT2D eigenvalue weighted by Gasteiger charge is -2.22. The Morgan fingerprint density at radius 3 is 2.26 bits per heavy atom. The second-order valence-corrected chi connectivity index (χ2v) is 5.93. The lowest BCUT2D eigenvalue weighted by atomic mass is 9.87. The van der Waals surface area contributed by atoms with E-state index in [0.717, 1.165) is 5.56 Å². The zero-order chi connectivity index (χ0) is 14.6. The van der Waals surface area contributed by atoms with E-state index < -0.39 is 6.04 Å². The van der Waals surface area contributed by atoms with E-state index in [2.05, 4.69) is 32.9 Å². The smallest absolute Gasteiger partial charge is 0.241 e. The zero-order valence-corrected chi connectivity index (χ0v) is 12.2. The highest BCUT2D eigenvalue weighted by molar-refractivity contribution is 5.81. The summed E-state index contributed by atoms with van der Waals surface area (Å²) < 4.78 is 0. The molecule has 0 aromatic heterocycles. The number of benzene rings is 1. The molecule has 0 fully saturated rings. The molecule has 0 spiro atoms. The first-order valence-corrected chi connectivity index (χ1v) is 6.46. The number of aliphatic hydroxyl groups excluding tert-OH is 1. The van der Waals surface area contributed by atoms with Crippen LogP contribution in [0, 0.1) is 0 Å². The number of carbonyl (C=O) groups is 1. The predicted molar refractivity (Wildman–Crippen MR) is 76.7 cm³/mol. The van der Waals surface area contributed by atoms with Crippen molar-refractivity contribution >= 4 is 5.91 Å². The lowest BCUT2D eigenvalue weighted by Crippen LogP contribution is -2.43. The van der Waals surface area contributed by atoms with Crippen LogP contribution in [0.4, 0.5) is 0 Å². The molecule has 19 heavy (non-hydrogen) atoms. The maximum absolute atomic E-state index is 11.7. The van der Waals surface area contributed by atoms with E-state index in [1.54, 1.807) is 7.05 Å². The molecule has 3 N–H and O–H groups in total. The van der Waals surface area contributed by atoms with Gasteiger partial charge in [0.15, 0.2) is 0 Å². The Morgan fingerprint density at radius 1 is 1.32 bits per heavy atom. The maximum Gasteiger partial charge on any atom is 0.241 e. The minimum absolute atomic E-state index is 0.124. The van der Waals surface area contributed by atoms with Crippen LogP contribution in [0.3, 0.4) is 0 Å². The molecule has 0 heterocycles. The number of carbonyl (C=O) groups excluding carboxylic acids is 1. The second-order valence-electron chi connectivity index (χ2n) is 5.93. The molecule has 4 heteroatoms. The fourth-order valence-corrected chi connectivity index (χ4v) is 1.82. The van der Waals surface area contributed by atoms with Gasteiger partial charge >= 0.3 is 0 Å². The van der Waals surface area contributed by atoms with Gasteiger partial charge in [-0.2, -0.15) is 0 Å². The Hall–Kier alpha value is -1.39. The van der Waals surface area contributed by atoms with E-state index >= 15 is 0 Å². The Morgan fingerprint density at radius 2 is 1.84 bits per heavy atom. The summed E-state index contributed by atoms with van der Waals surface area (Å²) in [6, 6.07) is 7.38. The summed E-state index contributed by atoms with van der Waals surface area (Å²) in [6.07, 6.45) is 0. The number of rotatable bonds is 4. The molecular weight excluding hydrogens is 240 g/mol. The molecule has 1 unspecified atom stereocenters. The molecule has 4 nitrogen and oxygen atoms in total. The van der Waals surface area contributed by atoms with Crippen LogP contribution < -0.4 is 5.73 Å². The summed E-state index contributed by atoms with van der Waals surface area (Å²) >= 11 is 0. The van der Waals surface area contributed by atoms with E-state index in [-0.39, 0.29) is 17.9 Å². The van der Waals surface area contributed by atoms with Gasteiger partial charge in [-0.15, -0.1) is 0 Å². The third-order valence-corrected chi connectivity index (χ3v) is 3.13. The van der Waals surface area contributed by atoms with Crippen molar-refractivity contribution in [1.82, 2.24) is 4.90 Å². The van der Waals surface area contributed by atoms with Gasteiger partial charge in [-0.25, -0.2) is 0 Å². The van der Waals surface area contributed by atoms with Gasteiger partial charge in [-0.1, -0.05) is 45.0 Å². The predicted octanol–water partition coefficient (Wildman–Crippen LogP) is 1.26. The van der Waals surface area contributed by atoms with Crippen LogP contribution in [0.25, 0.3) is 0 Å². The molecular formula is C15H24N2O2. The normalized spacial score (nSPS) is 13.2. The number of amides is 1. The van der Waals surface area contributed by atoms with Gasteiger partial charge in [-0.05, 0) is 16.5 Å². The molecule has 0 radical (unpaired) electrons. The first kappa shape index (κ1) is 15.7. The Labute approximate surface area is 115 Å². The van der Waals surface area contributed by atoms with Gasteiger partial charge < -0.3 is 15.7 Å². The lowest BCUT2D eigenvalue weighted by molar-refractivity contribution is -0.132. The van der Waals surface area contributed by atoms with Gasteiger partial charge in [0.05, 0.1) is 6.61 Å². The van der Waals surface area contributed by atoms with Crippen LogP contribution >= 0.6 is 0 Å². The molecule has 0 aliphatic rings. The molecule has 1 aromatic carbocycles. The van der Waals surface area contributed by atoms with Crippen LogP contribution in [-0.2, 0) is 16.8 Å². The van der Waals surface area contributed by atoms with Gasteiger partial charge in [0.1, 0.15) is 6.04 Å². The van der Waals surface area contributed by atoms with Crippen molar-refractivity contribution < 1.29 is 9.90 Å². The summed E-state index contributed by atoms with van der Waals surface area (Å²) in [5.74, 6) is -0.248. The quantitative estimate of drug-likeness (QED) is 0.860. The summed E-state index contributed by atoms with van der Waals surface area (Å²) in [4.78, 5) is 13.3. The van der Waals surface area contributed by atoms with Crippen molar-refractivity contribution in [2.45, 2.75) is 38.8 Å². The number of hydrogen-bond acceptors (Lipinski definition) is 3. The van der Waals surface area contributed by atoms with Gasteiger partial charge in [0.25, 0.3) is 0 Å². The minimum atomic E-state index is -0.834. The van der Waals surface area contributed by atoms with Crippen molar-refractivity contribution in [3.8, 4) is 0 Å². The largest absolute Gasteiger partial charge is 0.394 e. The summed E-state index contributed by atoms with van der Waals surface area (Å²) in [5.41, 5.74) is 7.95. The Kier molecular flexibility index (Phi) is 5.09. The van der Waals surface area contributed by atoms with E-state index in [0.29, 0.717) is 6.54 Å². The molecule has 0 aliphatic heterocycles. The van der Waals surface area contributed by atoms with Crippen molar-refractivity contribution in [1.29, 1.82) is 0 Å². The Bertz CT molecular complexity index is 421. The van der Waals surface area contributed by atoms with Gasteiger partial charge in [0, 0.05) is 13.6 Å². The summed E-state index contributed by atoms with van der Waals surface area (Å²) in [7, 11) is 1.69. The molecule has 1 amide bonds. The summed E-state index contributed by atoms with van der Waals surface area (Å²) in [5, 5.41) is 8.87. The van der Waals surface area contributed by atoms with E-state index in [1.165, 1.54) is 10.5 Å². The number of nitrogens with two attached hydrogens (primary N) is 1. The third-order valence-electron chi connectivity index (χ3n) is 3.13. The monoisotopic (exact) mass is 264 g/mol. The SMILES string of the molecule is CN(Cc1ccc(C(C)(C)C)cc1)C(=O)C(N)CO. The van der Waals surface area contributed by atoms with Crippen LogP contribution in [0.1, 0.15) is 31.9 Å². The molecule has 1 rings (SSSR count). The highest BCUT2D eigenvalue weighted by atomic mass is 16.3. The van der Waals surface area contributed by atoms with Crippen LogP contribution in [0.5, 0.6) is 0 Å². The molecule has 106 valence electrons.